The number of hydrogen-bond acceptors (Lipinski definition) is 6. The zero-order valence-corrected chi connectivity index (χ0v) is 20.9. The summed E-state index contributed by atoms with van der Waals surface area (Å²) in [6.45, 7) is 2.21. The molecule has 3 aromatic rings. The molecule has 2 aliphatic heterocycles. The molecule has 1 unspecified atom stereocenters. The van der Waals surface area contributed by atoms with Crippen molar-refractivity contribution in [3.05, 3.63) is 82.5 Å². The van der Waals surface area contributed by atoms with Gasteiger partial charge in [-0.25, -0.2) is 4.98 Å². The zero-order chi connectivity index (χ0) is 27.6. The van der Waals surface area contributed by atoms with Gasteiger partial charge in [0, 0.05) is 40.4 Å². The monoisotopic (exact) mass is 519 g/mol. The number of nitrogens with two attached hydrogens (primary N) is 1. The molecular weight excluding hydrogens is 490 g/mol. The summed E-state index contributed by atoms with van der Waals surface area (Å²) >= 11 is 6.53. The molecule has 0 radical (unpaired) electrons. The SMILES string of the molecule is [2H]C1([2H])c2cc(-c3ccc(C(=O)N4CCOCC4)cc3)cc(Cl)c2OC1CCC(=O)/C=C/c1ccc(N)nc1. The fourth-order valence-electron chi connectivity index (χ4n) is 4.28. The molecule has 0 aliphatic carbocycles. The van der Waals surface area contributed by atoms with Crippen molar-refractivity contribution in [2.24, 2.45) is 0 Å². The zero-order valence-electron chi connectivity index (χ0n) is 22.2. The quantitative estimate of drug-likeness (QED) is 0.450. The fourth-order valence-corrected chi connectivity index (χ4v) is 4.54. The summed E-state index contributed by atoms with van der Waals surface area (Å²) in [5.41, 5.74) is 8.77. The Hall–Kier alpha value is -3.68. The lowest BCUT2D eigenvalue weighted by Gasteiger charge is -2.26. The number of rotatable bonds is 7. The van der Waals surface area contributed by atoms with Gasteiger partial charge in [-0.15, -0.1) is 0 Å². The molecule has 1 atom stereocenters. The predicted molar refractivity (Wildman–Crippen MR) is 144 cm³/mol. The maximum atomic E-state index is 12.8. The number of amides is 1. The van der Waals surface area contributed by atoms with Crippen LogP contribution in [0.2, 0.25) is 5.02 Å². The van der Waals surface area contributed by atoms with Crippen molar-refractivity contribution in [3.63, 3.8) is 0 Å². The number of ketones is 1. The van der Waals surface area contributed by atoms with Crippen molar-refractivity contribution >= 4 is 35.2 Å². The third-order valence-electron chi connectivity index (χ3n) is 6.31. The van der Waals surface area contributed by atoms with Gasteiger partial charge in [0.05, 0.1) is 18.2 Å². The normalized spacial score (nSPS) is 19.2. The molecule has 5 rings (SSSR count). The number of carbonyl (C=O) groups is 2. The Morgan fingerprint density at radius 2 is 1.92 bits per heavy atom. The van der Waals surface area contributed by atoms with Crippen LogP contribution in [0.1, 0.15) is 37.1 Å². The van der Waals surface area contributed by atoms with Gasteiger partial charge in [0.1, 0.15) is 17.7 Å². The first-order valence-electron chi connectivity index (χ1n) is 13.1. The molecular formula is C29H28ClN3O4. The number of carbonyl (C=O) groups excluding carboxylic acids is 2. The summed E-state index contributed by atoms with van der Waals surface area (Å²) in [5.74, 6) is 0.501. The minimum absolute atomic E-state index is 0.0427. The maximum Gasteiger partial charge on any atom is 0.254 e. The first-order valence-corrected chi connectivity index (χ1v) is 12.5. The van der Waals surface area contributed by atoms with Gasteiger partial charge in [0.2, 0.25) is 0 Å². The van der Waals surface area contributed by atoms with Crippen LogP contribution in [0.3, 0.4) is 0 Å². The Morgan fingerprint density at radius 3 is 2.65 bits per heavy atom. The first kappa shape index (κ1) is 22.5. The van der Waals surface area contributed by atoms with Gasteiger partial charge in [-0.05, 0) is 77.2 Å². The second-order valence-corrected chi connectivity index (χ2v) is 9.33. The number of hydrogen-bond donors (Lipinski definition) is 1. The average Bonchev–Trinajstić information content (AvgIpc) is 3.21. The van der Waals surface area contributed by atoms with Crippen LogP contribution in [0.25, 0.3) is 17.2 Å². The van der Waals surface area contributed by atoms with E-state index in [9.17, 15) is 9.59 Å². The van der Waals surface area contributed by atoms with Crippen LogP contribution in [-0.2, 0) is 15.9 Å². The summed E-state index contributed by atoms with van der Waals surface area (Å²) in [4.78, 5) is 31.0. The number of fused-ring (bicyclic) bond motifs is 1. The van der Waals surface area contributed by atoms with Crippen LogP contribution in [0.15, 0.2) is 60.8 Å². The Kier molecular flexibility index (Phi) is 6.79. The van der Waals surface area contributed by atoms with E-state index < -0.39 is 12.5 Å². The summed E-state index contributed by atoms with van der Waals surface area (Å²) in [6, 6.07) is 14.1. The number of ether oxygens (including phenoxy) is 2. The van der Waals surface area contributed by atoms with Gasteiger partial charge in [0.15, 0.2) is 5.78 Å². The summed E-state index contributed by atoms with van der Waals surface area (Å²) in [7, 11) is 0. The van der Waals surface area contributed by atoms with Crippen molar-refractivity contribution < 1.29 is 21.8 Å². The topological polar surface area (TPSA) is 94.8 Å². The average molecular weight is 520 g/mol. The lowest BCUT2D eigenvalue weighted by molar-refractivity contribution is -0.115. The highest BCUT2D eigenvalue weighted by Gasteiger charge is 2.26. The van der Waals surface area contributed by atoms with E-state index in [0.29, 0.717) is 59.6 Å². The van der Waals surface area contributed by atoms with Gasteiger partial charge in [0.25, 0.3) is 5.91 Å². The number of allylic oxidation sites excluding steroid dienone is 1. The van der Waals surface area contributed by atoms with Crippen molar-refractivity contribution in [2.45, 2.75) is 25.3 Å². The standard InChI is InChI=1S/C29H28ClN3O4/c30-26-17-22(20-3-5-21(6-4-20)29(35)33-11-13-36-14-12-33)15-23-16-25(37-28(23)26)9-8-24(34)7-1-19-2-10-27(31)32-18-19/h1-7,10,15,17-18,25H,8-9,11-14,16H2,(H2,31,32)/b7-1+/i16D2. The predicted octanol–water partition coefficient (Wildman–Crippen LogP) is 4.82. The maximum absolute atomic E-state index is 12.8. The van der Waals surface area contributed by atoms with Gasteiger partial charge in [-0.2, -0.15) is 0 Å². The second kappa shape index (κ2) is 11.2. The lowest BCUT2D eigenvalue weighted by Crippen LogP contribution is -2.40. The Labute approximate surface area is 223 Å². The summed E-state index contributed by atoms with van der Waals surface area (Å²) < 4.78 is 28.8. The molecule has 0 spiro atoms. The highest BCUT2D eigenvalue weighted by Crippen LogP contribution is 2.40. The van der Waals surface area contributed by atoms with Crippen LogP contribution in [0, 0.1) is 0 Å². The number of anilines is 1. The molecule has 3 heterocycles. The third-order valence-corrected chi connectivity index (χ3v) is 6.59. The lowest BCUT2D eigenvalue weighted by atomic mass is 9.98. The van der Waals surface area contributed by atoms with E-state index >= 15 is 0 Å². The van der Waals surface area contributed by atoms with Gasteiger partial charge >= 0.3 is 0 Å². The number of pyridine rings is 1. The molecule has 1 aromatic heterocycles. The highest BCUT2D eigenvalue weighted by molar-refractivity contribution is 6.32. The number of halogens is 1. The fraction of sp³-hybridized carbons (Fsp3) is 0.276. The molecule has 37 heavy (non-hydrogen) atoms. The highest BCUT2D eigenvalue weighted by atomic mass is 35.5. The molecule has 2 aliphatic rings. The van der Waals surface area contributed by atoms with Crippen molar-refractivity contribution in [2.75, 3.05) is 32.0 Å². The van der Waals surface area contributed by atoms with Crippen molar-refractivity contribution in [1.29, 1.82) is 0 Å². The number of benzene rings is 2. The molecule has 0 bridgehead atoms. The Bertz CT molecular complexity index is 1410. The molecule has 0 saturated carbocycles. The van der Waals surface area contributed by atoms with Crippen LogP contribution >= 0.6 is 11.6 Å². The molecule has 190 valence electrons. The molecule has 1 saturated heterocycles. The van der Waals surface area contributed by atoms with E-state index in [0.717, 1.165) is 11.1 Å². The summed E-state index contributed by atoms with van der Waals surface area (Å²) in [6.07, 6.45) is 2.27. The second-order valence-electron chi connectivity index (χ2n) is 8.92. The van der Waals surface area contributed by atoms with Crippen molar-refractivity contribution in [1.82, 2.24) is 9.88 Å². The van der Waals surface area contributed by atoms with Crippen LogP contribution < -0.4 is 10.5 Å². The third kappa shape index (κ3) is 6.01. The van der Waals surface area contributed by atoms with E-state index in [-0.39, 0.29) is 24.5 Å². The Balaban J connectivity index is 1.27. The largest absolute Gasteiger partial charge is 0.488 e. The van der Waals surface area contributed by atoms with Gasteiger partial charge < -0.3 is 20.1 Å². The van der Waals surface area contributed by atoms with E-state index in [1.165, 1.54) is 6.08 Å². The van der Waals surface area contributed by atoms with Gasteiger partial charge in [-0.1, -0.05) is 23.7 Å². The minimum atomic E-state index is -1.84. The van der Waals surface area contributed by atoms with Crippen LogP contribution in [-0.4, -0.2) is 54.0 Å². The van der Waals surface area contributed by atoms with Gasteiger partial charge in [-0.3, -0.25) is 9.59 Å². The first-order chi connectivity index (χ1) is 18.7. The minimum Gasteiger partial charge on any atom is -0.488 e. The molecule has 1 amide bonds. The molecule has 2 aromatic carbocycles. The molecule has 8 heteroatoms. The molecule has 7 nitrogen and oxygen atoms in total. The number of nitrogen functional groups attached to an aromatic ring is 1. The molecule has 1 fully saturated rings. The molecule has 2 N–H and O–H groups in total. The van der Waals surface area contributed by atoms with E-state index in [1.807, 2.05) is 12.1 Å². The van der Waals surface area contributed by atoms with Crippen molar-refractivity contribution in [3.8, 4) is 16.9 Å². The Morgan fingerprint density at radius 1 is 1.14 bits per heavy atom. The summed E-state index contributed by atoms with van der Waals surface area (Å²) in [5, 5.41) is 0.296. The van der Waals surface area contributed by atoms with E-state index in [2.05, 4.69) is 4.98 Å². The van der Waals surface area contributed by atoms with E-state index in [4.69, 9.17) is 29.5 Å². The van der Waals surface area contributed by atoms with Crippen LogP contribution in [0.5, 0.6) is 5.75 Å². The number of nitrogens with zero attached hydrogens (tertiary/aromatic N) is 2. The number of morpholine rings is 1. The number of aromatic nitrogens is 1. The van der Waals surface area contributed by atoms with Crippen LogP contribution in [0.4, 0.5) is 5.82 Å². The van der Waals surface area contributed by atoms with E-state index in [1.54, 1.807) is 53.6 Å². The smallest absolute Gasteiger partial charge is 0.254 e.